The first-order valence-electron chi connectivity index (χ1n) is 6.62. The van der Waals surface area contributed by atoms with Crippen molar-refractivity contribution in [1.29, 1.82) is 0 Å². The van der Waals surface area contributed by atoms with Crippen LogP contribution in [0.3, 0.4) is 0 Å². The first-order valence-corrected chi connectivity index (χ1v) is 6.62. The summed E-state index contributed by atoms with van der Waals surface area (Å²) in [6, 6.07) is 0. The van der Waals surface area contributed by atoms with Gasteiger partial charge in [0.1, 0.15) is 5.54 Å². The van der Waals surface area contributed by atoms with Crippen molar-refractivity contribution >= 4 is 5.97 Å². The minimum atomic E-state index is -0.798. The van der Waals surface area contributed by atoms with Gasteiger partial charge in [0, 0.05) is 6.61 Å². The van der Waals surface area contributed by atoms with Crippen molar-refractivity contribution in [1.82, 2.24) is 5.32 Å². The highest BCUT2D eigenvalue weighted by molar-refractivity contribution is 5.78. The highest BCUT2D eigenvalue weighted by Crippen LogP contribution is 2.21. The predicted molar refractivity (Wildman–Crippen MR) is 67.2 cm³/mol. The third-order valence-corrected chi connectivity index (χ3v) is 3.75. The molecule has 1 rings (SSSR count). The average molecular weight is 243 g/mol. The molecule has 17 heavy (non-hydrogen) atoms. The Bertz CT molecular complexity index is 239. The first kappa shape index (κ1) is 14.5. The maximum atomic E-state index is 11.0. The van der Waals surface area contributed by atoms with Crippen LogP contribution in [0, 0.1) is 0 Å². The Morgan fingerprint density at radius 3 is 2.59 bits per heavy atom. The van der Waals surface area contributed by atoms with Gasteiger partial charge in [-0.2, -0.15) is 0 Å². The molecule has 100 valence electrons. The molecular weight excluding hydrogens is 218 g/mol. The first-order chi connectivity index (χ1) is 8.08. The van der Waals surface area contributed by atoms with Crippen molar-refractivity contribution in [3.8, 4) is 0 Å². The minimum Gasteiger partial charge on any atom is -0.480 e. The van der Waals surface area contributed by atoms with Gasteiger partial charge in [-0.25, -0.2) is 0 Å². The van der Waals surface area contributed by atoms with Gasteiger partial charge in [-0.1, -0.05) is 12.8 Å². The Morgan fingerprint density at radius 2 is 2.06 bits per heavy atom. The van der Waals surface area contributed by atoms with E-state index in [2.05, 4.69) is 5.32 Å². The molecule has 0 amide bonds. The Morgan fingerprint density at radius 1 is 1.41 bits per heavy atom. The lowest BCUT2D eigenvalue weighted by molar-refractivity contribution is -0.144. The number of carbonyl (C=O) groups is 1. The summed E-state index contributed by atoms with van der Waals surface area (Å²) in [5.41, 5.74) is -0.798. The van der Waals surface area contributed by atoms with E-state index in [9.17, 15) is 4.79 Å². The van der Waals surface area contributed by atoms with Crippen LogP contribution in [-0.2, 0) is 9.53 Å². The highest BCUT2D eigenvalue weighted by atomic mass is 16.5. The highest BCUT2D eigenvalue weighted by Gasteiger charge is 2.30. The Labute approximate surface area is 104 Å². The summed E-state index contributed by atoms with van der Waals surface area (Å²) in [4.78, 5) is 11.0. The molecule has 0 heterocycles. The summed E-state index contributed by atoms with van der Waals surface area (Å²) in [6.07, 6.45) is 7.92. The van der Waals surface area contributed by atoms with Crippen LogP contribution in [0.2, 0.25) is 0 Å². The number of nitrogens with one attached hydrogen (secondary N) is 1. The van der Waals surface area contributed by atoms with Crippen LogP contribution >= 0.6 is 0 Å². The van der Waals surface area contributed by atoms with Gasteiger partial charge in [0.2, 0.25) is 0 Å². The summed E-state index contributed by atoms with van der Waals surface area (Å²) >= 11 is 0. The van der Waals surface area contributed by atoms with E-state index >= 15 is 0 Å². The van der Waals surface area contributed by atoms with Gasteiger partial charge in [-0.15, -0.1) is 0 Å². The zero-order valence-corrected chi connectivity index (χ0v) is 11.0. The normalized spacial score (nSPS) is 20.4. The number of rotatable bonds is 8. The van der Waals surface area contributed by atoms with Crippen molar-refractivity contribution in [3.63, 3.8) is 0 Å². The van der Waals surface area contributed by atoms with Crippen LogP contribution in [0.25, 0.3) is 0 Å². The van der Waals surface area contributed by atoms with Crippen molar-refractivity contribution in [3.05, 3.63) is 0 Å². The molecule has 1 atom stereocenters. The second kappa shape index (κ2) is 6.97. The maximum Gasteiger partial charge on any atom is 0.323 e. The molecule has 4 heteroatoms. The SMILES string of the molecule is CNC(C)(CCCCOC1CCCC1)C(=O)O. The van der Waals surface area contributed by atoms with Crippen molar-refractivity contribution in [2.75, 3.05) is 13.7 Å². The standard InChI is InChI=1S/C13H25NO3/c1-13(14-2,12(15)16)9-5-6-10-17-11-7-3-4-8-11/h11,14H,3-10H2,1-2H3,(H,15,16). The second-order valence-electron chi connectivity index (χ2n) is 5.12. The fourth-order valence-corrected chi connectivity index (χ4v) is 2.22. The molecule has 0 aromatic carbocycles. The van der Waals surface area contributed by atoms with E-state index < -0.39 is 11.5 Å². The third-order valence-electron chi connectivity index (χ3n) is 3.75. The fraction of sp³-hybridized carbons (Fsp3) is 0.923. The van der Waals surface area contributed by atoms with Crippen molar-refractivity contribution in [2.45, 2.75) is 63.5 Å². The van der Waals surface area contributed by atoms with E-state index in [0.29, 0.717) is 12.5 Å². The molecule has 0 spiro atoms. The molecule has 0 aromatic heterocycles. The molecule has 1 aliphatic carbocycles. The Hall–Kier alpha value is -0.610. The number of aliphatic carboxylic acids is 1. The van der Waals surface area contributed by atoms with Crippen molar-refractivity contribution < 1.29 is 14.6 Å². The van der Waals surface area contributed by atoms with Gasteiger partial charge >= 0.3 is 5.97 Å². The number of hydrogen-bond acceptors (Lipinski definition) is 3. The van der Waals surface area contributed by atoms with E-state index in [-0.39, 0.29) is 0 Å². The zero-order valence-electron chi connectivity index (χ0n) is 11.0. The van der Waals surface area contributed by atoms with Crippen LogP contribution in [0.15, 0.2) is 0 Å². The van der Waals surface area contributed by atoms with Gasteiger partial charge in [0.05, 0.1) is 6.10 Å². The lowest BCUT2D eigenvalue weighted by Gasteiger charge is -2.24. The lowest BCUT2D eigenvalue weighted by Crippen LogP contribution is -2.47. The van der Waals surface area contributed by atoms with E-state index in [1.807, 2.05) is 0 Å². The number of ether oxygens (including phenoxy) is 1. The van der Waals surface area contributed by atoms with Crippen molar-refractivity contribution in [2.24, 2.45) is 0 Å². The van der Waals surface area contributed by atoms with Gasteiger partial charge < -0.3 is 15.2 Å². The van der Waals surface area contributed by atoms with E-state index in [4.69, 9.17) is 9.84 Å². The van der Waals surface area contributed by atoms with Crippen LogP contribution in [0.1, 0.15) is 51.9 Å². The summed E-state index contributed by atoms with van der Waals surface area (Å²) in [5.74, 6) is -0.781. The fourth-order valence-electron chi connectivity index (χ4n) is 2.22. The van der Waals surface area contributed by atoms with E-state index in [1.165, 1.54) is 25.7 Å². The largest absolute Gasteiger partial charge is 0.480 e. The molecule has 1 saturated carbocycles. The predicted octanol–water partition coefficient (Wildman–Crippen LogP) is 2.18. The monoisotopic (exact) mass is 243 g/mol. The average Bonchev–Trinajstić information content (AvgIpc) is 2.81. The molecular formula is C13H25NO3. The molecule has 4 nitrogen and oxygen atoms in total. The number of hydrogen-bond donors (Lipinski definition) is 2. The van der Waals surface area contributed by atoms with E-state index in [0.717, 1.165) is 19.4 Å². The van der Waals surface area contributed by atoms with Crippen LogP contribution in [0.5, 0.6) is 0 Å². The number of carboxylic acid groups (broad SMARTS) is 1. The molecule has 0 aliphatic heterocycles. The van der Waals surface area contributed by atoms with E-state index in [1.54, 1.807) is 14.0 Å². The van der Waals surface area contributed by atoms with Crippen LogP contribution < -0.4 is 5.32 Å². The van der Waals surface area contributed by atoms with Gasteiger partial charge in [0.25, 0.3) is 0 Å². The summed E-state index contributed by atoms with van der Waals surface area (Å²) in [5, 5.41) is 11.9. The molecule has 0 bridgehead atoms. The summed E-state index contributed by atoms with van der Waals surface area (Å²) in [6.45, 7) is 2.50. The Kier molecular flexibility index (Phi) is 5.92. The van der Waals surface area contributed by atoms with Gasteiger partial charge in [0.15, 0.2) is 0 Å². The molecule has 1 fully saturated rings. The van der Waals surface area contributed by atoms with Crippen LogP contribution in [0.4, 0.5) is 0 Å². The summed E-state index contributed by atoms with van der Waals surface area (Å²) < 4.78 is 5.74. The number of carboxylic acids is 1. The lowest BCUT2D eigenvalue weighted by atomic mass is 9.95. The second-order valence-corrected chi connectivity index (χ2v) is 5.12. The topological polar surface area (TPSA) is 58.6 Å². The summed E-state index contributed by atoms with van der Waals surface area (Å²) in [7, 11) is 1.70. The zero-order chi connectivity index (χ0) is 12.7. The smallest absolute Gasteiger partial charge is 0.323 e. The molecule has 0 radical (unpaired) electrons. The number of unbranched alkanes of at least 4 members (excludes halogenated alkanes) is 1. The molecule has 0 aromatic rings. The van der Waals surface area contributed by atoms with Gasteiger partial charge in [-0.05, 0) is 46.1 Å². The van der Waals surface area contributed by atoms with Gasteiger partial charge in [-0.3, -0.25) is 4.79 Å². The van der Waals surface area contributed by atoms with Crippen LogP contribution in [-0.4, -0.2) is 36.4 Å². The Balaban J connectivity index is 2.08. The molecule has 0 saturated heterocycles. The maximum absolute atomic E-state index is 11.0. The molecule has 1 aliphatic rings. The minimum absolute atomic E-state index is 0.463. The molecule has 2 N–H and O–H groups in total. The quantitative estimate of drug-likeness (QED) is 0.641. The number of likely N-dealkylation sites (N-methyl/N-ethyl adjacent to an activating group) is 1. The molecule has 1 unspecified atom stereocenters. The third kappa shape index (κ3) is 4.64.